The fourth-order valence-electron chi connectivity index (χ4n) is 1.38. The van der Waals surface area contributed by atoms with Crippen LogP contribution in [-0.4, -0.2) is 5.11 Å². The zero-order valence-corrected chi connectivity index (χ0v) is 8.16. The highest BCUT2D eigenvalue weighted by molar-refractivity contribution is 5.16. The second-order valence-electron chi connectivity index (χ2n) is 3.34. The van der Waals surface area contributed by atoms with E-state index in [1.165, 1.54) is 12.8 Å². The molecule has 1 N–H and O–H groups in total. The van der Waals surface area contributed by atoms with Crippen molar-refractivity contribution in [3.05, 3.63) is 35.9 Å². The molecule has 1 aromatic carbocycles. The summed E-state index contributed by atoms with van der Waals surface area (Å²) >= 11 is 0. The smallest absolute Gasteiger partial charge is 0.0790 e. The Morgan fingerprint density at radius 3 is 2.62 bits per heavy atom. The molecule has 1 atom stereocenters. The van der Waals surface area contributed by atoms with Crippen LogP contribution in [0.4, 0.5) is 0 Å². The quantitative estimate of drug-likeness (QED) is 0.685. The standard InChI is InChI=1S/C12H17O/c1-2-3-5-10-12(13)11-8-6-4-7-9-11/h6-9,12-13H,2-3,5,10H2,1H3. The normalized spacial score (nSPS) is 12.8. The minimum Gasteiger partial charge on any atom is -0.388 e. The zero-order chi connectivity index (χ0) is 9.52. The van der Waals surface area contributed by atoms with Crippen LogP contribution in [0, 0.1) is 6.07 Å². The van der Waals surface area contributed by atoms with Gasteiger partial charge in [0, 0.05) is 0 Å². The third-order valence-electron chi connectivity index (χ3n) is 2.21. The van der Waals surface area contributed by atoms with Gasteiger partial charge in [-0.3, -0.25) is 0 Å². The first kappa shape index (κ1) is 10.3. The Morgan fingerprint density at radius 2 is 2.00 bits per heavy atom. The van der Waals surface area contributed by atoms with Crippen molar-refractivity contribution in [3.8, 4) is 0 Å². The molecule has 0 bridgehead atoms. The number of aliphatic hydroxyl groups is 1. The van der Waals surface area contributed by atoms with Crippen LogP contribution in [-0.2, 0) is 0 Å². The topological polar surface area (TPSA) is 20.2 Å². The Hall–Kier alpha value is -0.820. The molecule has 0 aromatic heterocycles. The minimum atomic E-state index is -0.291. The first-order chi connectivity index (χ1) is 6.34. The fraction of sp³-hybridized carbons (Fsp3) is 0.500. The Balaban J connectivity index is 2.35. The molecule has 0 aliphatic carbocycles. The first-order valence-electron chi connectivity index (χ1n) is 4.98. The third-order valence-corrected chi connectivity index (χ3v) is 2.21. The highest BCUT2D eigenvalue weighted by atomic mass is 16.3. The molecule has 1 nitrogen and oxygen atoms in total. The Morgan fingerprint density at radius 1 is 1.31 bits per heavy atom. The van der Waals surface area contributed by atoms with Crippen LogP contribution in [0.15, 0.2) is 24.3 Å². The summed E-state index contributed by atoms with van der Waals surface area (Å²) in [5.41, 5.74) is 1.01. The Bertz CT molecular complexity index is 218. The molecule has 13 heavy (non-hydrogen) atoms. The largest absolute Gasteiger partial charge is 0.388 e. The first-order valence-corrected chi connectivity index (χ1v) is 4.98. The van der Waals surface area contributed by atoms with E-state index < -0.39 is 0 Å². The average molecular weight is 177 g/mol. The van der Waals surface area contributed by atoms with E-state index in [2.05, 4.69) is 13.0 Å². The molecule has 0 spiro atoms. The predicted octanol–water partition coefficient (Wildman–Crippen LogP) is 3.10. The zero-order valence-electron chi connectivity index (χ0n) is 8.16. The minimum absolute atomic E-state index is 0.291. The van der Waals surface area contributed by atoms with Gasteiger partial charge in [0.05, 0.1) is 6.10 Å². The van der Waals surface area contributed by atoms with Gasteiger partial charge in [0.15, 0.2) is 0 Å². The van der Waals surface area contributed by atoms with Crippen molar-refractivity contribution >= 4 is 0 Å². The SMILES string of the molecule is CCCCCC(O)c1cc[c]cc1. The van der Waals surface area contributed by atoms with Gasteiger partial charge in [-0.2, -0.15) is 0 Å². The summed E-state index contributed by atoms with van der Waals surface area (Å²) in [7, 11) is 0. The molecule has 0 saturated heterocycles. The Kier molecular flexibility index (Phi) is 4.55. The number of hydrogen-bond donors (Lipinski definition) is 1. The summed E-state index contributed by atoms with van der Waals surface area (Å²) in [5.74, 6) is 0. The van der Waals surface area contributed by atoms with E-state index in [1.54, 1.807) is 0 Å². The summed E-state index contributed by atoms with van der Waals surface area (Å²) in [5, 5.41) is 9.73. The van der Waals surface area contributed by atoms with Crippen molar-refractivity contribution < 1.29 is 5.11 Å². The fourth-order valence-corrected chi connectivity index (χ4v) is 1.38. The Labute approximate surface area is 80.4 Å². The van der Waals surface area contributed by atoms with Crippen LogP contribution in [0.3, 0.4) is 0 Å². The van der Waals surface area contributed by atoms with Crippen LogP contribution in [0.1, 0.15) is 44.3 Å². The van der Waals surface area contributed by atoms with Crippen LogP contribution in [0.2, 0.25) is 0 Å². The van der Waals surface area contributed by atoms with Crippen molar-refractivity contribution in [1.29, 1.82) is 0 Å². The number of hydrogen-bond acceptors (Lipinski definition) is 1. The molecule has 71 valence electrons. The molecule has 0 amide bonds. The second kappa shape index (κ2) is 5.76. The maximum atomic E-state index is 9.73. The molecular weight excluding hydrogens is 160 g/mol. The van der Waals surface area contributed by atoms with Gasteiger partial charge in [0.25, 0.3) is 0 Å². The molecule has 1 radical (unpaired) electrons. The van der Waals surface area contributed by atoms with Gasteiger partial charge in [-0.25, -0.2) is 0 Å². The lowest BCUT2D eigenvalue weighted by atomic mass is 10.0. The molecule has 1 unspecified atom stereocenters. The van der Waals surface area contributed by atoms with Gasteiger partial charge in [-0.1, -0.05) is 50.5 Å². The number of benzene rings is 1. The number of aliphatic hydroxyl groups excluding tert-OH is 1. The van der Waals surface area contributed by atoms with Crippen LogP contribution in [0.25, 0.3) is 0 Å². The van der Waals surface area contributed by atoms with E-state index in [-0.39, 0.29) is 6.10 Å². The van der Waals surface area contributed by atoms with Gasteiger partial charge in [0.1, 0.15) is 0 Å². The van der Waals surface area contributed by atoms with E-state index in [4.69, 9.17) is 0 Å². The summed E-state index contributed by atoms with van der Waals surface area (Å²) in [6.07, 6.45) is 4.10. The highest BCUT2D eigenvalue weighted by Crippen LogP contribution is 2.18. The molecule has 1 heteroatoms. The summed E-state index contributed by atoms with van der Waals surface area (Å²) in [4.78, 5) is 0. The molecule has 0 aliphatic rings. The van der Waals surface area contributed by atoms with E-state index in [9.17, 15) is 5.11 Å². The predicted molar refractivity (Wildman–Crippen MR) is 54.4 cm³/mol. The second-order valence-corrected chi connectivity index (χ2v) is 3.34. The molecule has 0 heterocycles. The third kappa shape index (κ3) is 3.60. The van der Waals surface area contributed by atoms with Gasteiger partial charge in [0.2, 0.25) is 0 Å². The van der Waals surface area contributed by atoms with Gasteiger partial charge >= 0.3 is 0 Å². The van der Waals surface area contributed by atoms with Gasteiger partial charge in [-0.05, 0) is 18.1 Å². The van der Waals surface area contributed by atoms with Crippen LogP contribution < -0.4 is 0 Å². The summed E-state index contributed by atoms with van der Waals surface area (Å²) in [6, 6.07) is 10.5. The summed E-state index contributed by atoms with van der Waals surface area (Å²) in [6.45, 7) is 2.17. The molecule has 0 aliphatic heterocycles. The highest BCUT2D eigenvalue weighted by Gasteiger charge is 2.04. The van der Waals surface area contributed by atoms with E-state index in [1.807, 2.05) is 24.3 Å². The lowest BCUT2D eigenvalue weighted by Gasteiger charge is -2.09. The van der Waals surface area contributed by atoms with E-state index in [0.29, 0.717) is 0 Å². The van der Waals surface area contributed by atoms with Crippen molar-refractivity contribution in [2.75, 3.05) is 0 Å². The van der Waals surface area contributed by atoms with Crippen LogP contribution in [0.5, 0.6) is 0 Å². The van der Waals surface area contributed by atoms with E-state index >= 15 is 0 Å². The number of rotatable bonds is 5. The molecule has 1 aromatic rings. The maximum absolute atomic E-state index is 9.73. The lowest BCUT2D eigenvalue weighted by molar-refractivity contribution is 0.163. The van der Waals surface area contributed by atoms with Crippen molar-refractivity contribution in [1.82, 2.24) is 0 Å². The monoisotopic (exact) mass is 177 g/mol. The maximum Gasteiger partial charge on any atom is 0.0790 e. The van der Waals surface area contributed by atoms with Gasteiger partial charge < -0.3 is 5.11 Å². The molecule has 0 fully saturated rings. The lowest BCUT2D eigenvalue weighted by Crippen LogP contribution is -1.96. The van der Waals surface area contributed by atoms with E-state index in [0.717, 1.165) is 18.4 Å². The van der Waals surface area contributed by atoms with Crippen LogP contribution >= 0.6 is 0 Å². The molecular formula is C12H17O. The van der Waals surface area contributed by atoms with Crippen molar-refractivity contribution in [2.24, 2.45) is 0 Å². The number of unbranched alkanes of at least 4 members (excludes halogenated alkanes) is 2. The molecule has 1 rings (SSSR count). The van der Waals surface area contributed by atoms with Crippen molar-refractivity contribution in [2.45, 2.75) is 38.7 Å². The summed E-state index contributed by atoms with van der Waals surface area (Å²) < 4.78 is 0. The average Bonchev–Trinajstić information content (AvgIpc) is 2.19. The molecule has 0 saturated carbocycles. The van der Waals surface area contributed by atoms with Gasteiger partial charge in [-0.15, -0.1) is 0 Å². The van der Waals surface area contributed by atoms with Crippen molar-refractivity contribution in [3.63, 3.8) is 0 Å².